The molecule has 1 aromatic rings. The molecule has 1 atom stereocenters. The lowest BCUT2D eigenvalue weighted by Gasteiger charge is -2.15. The standard InChI is InChI=1S/C10H20N4O/c1-14(2)8-9(15)3-4-11-7-10-12-5-6-13-10/h5-6,9,11,15H,3-4,7-8H2,1-2H3,(H,12,13). The predicted molar refractivity (Wildman–Crippen MR) is 59.5 cm³/mol. The number of imidazole rings is 1. The molecule has 1 aromatic heterocycles. The Hall–Kier alpha value is -0.910. The van der Waals surface area contributed by atoms with Crippen molar-refractivity contribution in [2.45, 2.75) is 19.1 Å². The zero-order chi connectivity index (χ0) is 11.1. The van der Waals surface area contributed by atoms with Gasteiger partial charge in [-0.1, -0.05) is 0 Å². The smallest absolute Gasteiger partial charge is 0.120 e. The highest BCUT2D eigenvalue weighted by molar-refractivity contribution is 4.85. The van der Waals surface area contributed by atoms with Gasteiger partial charge in [-0.3, -0.25) is 0 Å². The van der Waals surface area contributed by atoms with Gasteiger partial charge in [0.2, 0.25) is 0 Å². The van der Waals surface area contributed by atoms with Gasteiger partial charge < -0.3 is 20.3 Å². The Kier molecular flexibility index (Phi) is 5.31. The van der Waals surface area contributed by atoms with Crippen LogP contribution in [-0.4, -0.2) is 53.3 Å². The molecule has 1 unspecified atom stereocenters. The molecule has 0 aliphatic heterocycles. The van der Waals surface area contributed by atoms with Crippen LogP contribution in [0.15, 0.2) is 12.4 Å². The topological polar surface area (TPSA) is 64.2 Å². The summed E-state index contributed by atoms with van der Waals surface area (Å²) in [5.74, 6) is 0.928. The van der Waals surface area contributed by atoms with Crippen LogP contribution in [0, 0.1) is 0 Å². The third-order valence-corrected chi connectivity index (χ3v) is 2.08. The number of aliphatic hydroxyl groups excluding tert-OH is 1. The molecule has 0 bridgehead atoms. The van der Waals surface area contributed by atoms with Crippen molar-refractivity contribution >= 4 is 0 Å². The van der Waals surface area contributed by atoms with Crippen molar-refractivity contribution in [2.24, 2.45) is 0 Å². The molecule has 0 saturated carbocycles. The summed E-state index contributed by atoms with van der Waals surface area (Å²) in [5, 5.41) is 12.8. The Morgan fingerprint density at radius 2 is 2.40 bits per heavy atom. The van der Waals surface area contributed by atoms with Gasteiger partial charge in [0.15, 0.2) is 0 Å². The molecule has 1 heterocycles. The molecule has 0 aliphatic rings. The van der Waals surface area contributed by atoms with Gasteiger partial charge in [-0.25, -0.2) is 4.98 Å². The van der Waals surface area contributed by atoms with Gasteiger partial charge in [-0.15, -0.1) is 0 Å². The minimum atomic E-state index is -0.260. The Labute approximate surface area is 90.5 Å². The van der Waals surface area contributed by atoms with E-state index >= 15 is 0 Å². The summed E-state index contributed by atoms with van der Waals surface area (Å²) in [6.07, 6.45) is 4.04. The van der Waals surface area contributed by atoms with Crippen LogP contribution < -0.4 is 5.32 Å². The maximum absolute atomic E-state index is 9.57. The minimum Gasteiger partial charge on any atom is -0.392 e. The summed E-state index contributed by atoms with van der Waals surface area (Å²) in [6, 6.07) is 0. The summed E-state index contributed by atoms with van der Waals surface area (Å²) in [6.45, 7) is 2.24. The number of hydrogen-bond donors (Lipinski definition) is 3. The second kappa shape index (κ2) is 6.55. The largest absolute Gasteiger partial charge is 0.392 e. The van der Waals surface area contributed by atoms with Crippen LogP contribution in [0.25, 0.3) is 0 Å². The van der Waals surface area contributed by atoms with E-state index in [1.807, 2.05) is 19.0 Å². The van der Waals surface area contributed by atoms with Crippen molar-refractivity contribution < 1.29 is 5.11 Å². The van der Waals surface area contributed by atoms with Crippen molar-refractivity contribution in [2.75, 3.05) is 27.2 Å². The van der Waals surface area contributed by atoms with Crippen molar-refractivity contribution in [1.29, 1.82) is 0 Å². The number of aliphatic hydroxyl groups is 1. The molecule has 15 heavy (non-hydrogen) atoms. The molecule has 0 radical (unpaired) electrons. The molecular formula is C10H20N4O. The summed E-state index contributed by atoms with van der Waals surface area (Å²) >= 11 is 0. The number of rotatable bonds is 7. The van der Waals surface area contributed by atoms with Gasteiger partial charge >= 0.3 is 0 Å². The Balaban J connectivity index is 2.01. The molecule has 0 aromatic carbocycles. The van der Waals surface area contributed by atoms with Crippen LogP contribution in [0.3, 0.4) is 0 Å². The van der Waals surface area contributed by atoms with E-state index in [1.54, 1.807) is 12.4 Å². The number of nitrogens with zero attached hydrogens (tertiary/aromatic N) is 2. The molecule has 86 valence electrons. The maximum atomic E-state index is 9.57. The number of aromatic nitrogens is 2. The van der Waals surface area contributed by atoms with Crippen molar-refractivity contribution in [3.8, 4) is 0 Å². The predicted octanol–water partition coefficient (Wildman–Crippen LogP) is -0.188. The van der Waals surface area contributed by atoms with Gasteiger partial charge in [0.25, 0.3) is 0 Å². The fraction of sp³-hybridized carbons (Fsp3) is 0.700. The van der Waals surface area contributed by atoms with Crippen LogP contribution in [0.5, 0.6) is 0 Å². The first-order chi connectivity index (χ1) is 7.18. The lowest BCUT2D eigenvalue weighted by atomic mass is 10.2. The first-order valence-corrected chi connectivity index (χ1v) is 5.20. The second-order valence-electron chi connectivity index (χ2n) is 3.92. The summed E-state index contributed by atoms with van der Waals surface area (Å²) in [5.41, 5.74) is 0. The van der Waals surface area contributed by atoms with Gasteiger partial charge in [0.05, 0.1) is 12.6 Å². The Bertz CT molecular complexity index is 248. The summed E-state index contributed by atoms with van der Waals surface area (Å²) in [4.78, 5) is 9.09. The van der Waals surface area contributed by atoms with E-state index in [0.29, 0.717) is 6.54 Å². The van der Waals surface area contributed by atoms with E-state index in [-0.39, 0.29) is 6.10 Å². The monoisotopic (exact) mass is 212 g/mol. The van der Waals surface area contributed by atoms with Crippen LogP contribution in [-0.2, 0) is 6.54 Å². The van der Waals surface area contributed by atoms with Gasteiger partial charge in [-0.2, -0.15) is 0 Å². The second-order valence-corrected chi connectivity index (χ2v) is 3.92. The number of H-pyrrole nitrogens is 1. The number of hydrogen-bond acceptors (Lipinski definition) is 4. The highest BCUT2D eigenvalue weighted by Gasteiger charge is 2.04. The van der Waals surface area contributed by atoms with Gasteiger partial charge in [-0.05, 0) is 27.1 Å². The summed E-state index contributed by atoms with van der Waals surface area (Å²) in [7, 11) is 3.92. The Morgan fingerprint density at radius 3 is 3.00 bits per heavy atom. The number of nitrogens with one attached hydrogen (secondary N) is 2. The lowest BCUT2D eigenvalue weighted by Crippen LogP contribution is -2.29. The Morgan fingerprint density at radius 1 is 1.60 bits per heavy atom. The molecule has 5 heteroatoms. The third-order valence-electron chi connectivity index (χ3n) is 2.08. The van der Waals surface area contributed by atoms with Crippen molar-refractivity contribution in [3.63, 3.8) is 0 Å². The lowest BCUT2D eigenvalue weighted by molar-refractivity contribution is 0.128. The summed E-state index contributed by atoms with van der Waals surface area (Å²) < 4.78 is 0. The van der Waals surface area contributed by atoms with Crippen LogP contribution in [0.4, 0.5) is 0 Å². The van der Waals surface area contributed by atoms with Crippen molar-refractivity contribution in [3.05, 3.63) is 18.2 Å². The molecular weight excluding hydrogens is 192 g/mol. The van der Waals surface area contributed by atoms with Crippen LogP contribution >= 0.6 is 0 Å². The average molecular weight is 212 g/mol. The SMILES string of the molecule is CN(C)CC(O)CCNCc1ncc[nH]1. The molecule has 0 saturated heterocycles. The first kappa shape index (κ1) is 12.2. The number of aromatic amines is 1. The molecule has 3 N–H and O–H groups in total. The third kappa shape index (κ3) is 5.51. The fourth-order valence-electron chi connectivity index (χ4n) is 1.38. The highest BCUT2D eigenvalue weighted by atomic mass is 16.3. The van der Waals surface area contributed by atoms with Crippen LogP contribution in [0.2, 0.25) is 0 Å². The van der Waals surface area contributed by atoms with E-state index in [4.69, 9.17) is 0 Å². The normalized spacial score (nSPS) is 13.3. The molecule has 0 amide bonds. The molecule has 5 nitrogen and oxygen atoms in total. The maximum Gasteiger partial charge on any atom is 0.120 e. The quantitative estimate of drug-likeness (QED) is 0.548. The number of likely N-dealkylation sites (N-methyl/N-ethyl adjacent to an activating group) is 1. The van der Waals surface area contributed by atoms with Crippen LogP contribution in [0.1, 0.15) is 12.2 Å². The fourth-order valence-corrected chi connectivity index (χ4v) is 1.38. The molecule has 0 fully saturated rings. The molecule has 1 rings (SSSR count). The van der Waals surface area contributed by atoms with E-state index in [9.17, 15) is 5.11 Å². The first-order valence-electron chi connectivity index (χ1n) is 5.20. The van der Waals surface area contributed by atoms with E-state index in [1.165, 1.54) is 0 Å². The van der Waals surface area contributed by atoms with Gasteiger partial charge in [0.1, 0.15) is 5.82 Å². The minimum absolute atomic E-state index is 0.260. The average Bonchev–Trinajstić information content (AvgIpc) is 2.63. The zero-order valence-electron chi connectivity index (χ0n) is 9.40. The van der Waals surface area contributed by atoms with E-state index in [2.05, 4.69) is 15.3 Å². The molecule has 0 aliphatic carbocycles. The van der Waals surface area contributed by atoms with E-state index < -0.39 is 0 Å². The van der Waals surface area contributed by atoms with Gasteiger partial charge in [0, 0.05) is 18.9 Å². The molecule has 0 spiro atoms. The van der Waals surface area contributed by atoms with E-state index in [0.717, 1.165) is 25.3 Å². The highest BCUT2D eigenvalue weighted by Crippen LogP contribution is 1.93. The zero-order valence-corrected chi connectivity index (χ0v) is 9.40. The van der Waals surface area contributed by atoms with Crippen molar-refractivity contribution in [1.82, 2.24) is 20.2 Å².